The normalized spacial score (nSPS) is 14.1. The van der Waals surface area contributed by atoms with Crippen LogP contribution in [0, 0.1) is 0 Å². The molecule has 0 fully saturated rings. The molecule has 3 aromatic carbocycles. The van der Waals surface area contributed by atoms with Crippen molar-refractivity contribution in [1.82, 2.24) is 0 Å². The molecule has 2 aliphatic carbocycles. The first kappa shape index (κ1) is 38.6. The minimum Gasteiger partial charge on any atom is -0.872 e. The fourth-order valence-corrected chi connectivity index (χ4v) is 5.34. The van der Waals surface area contributed by atoms with Crippen LogP contribution < -0.4 is 14.9 Å². The number of ketones is 1. The van der Waals surface area contributed by atoms with Gasteiger partial charge in [-0.15, -0.1) is 11.5 Å². The van der Waals surface area contributed by atoms with Gasteiger partial charge in [0, 0.05) is 12.0 Å². The Kier molecular flexibility index (Phi) is 17.3. The number of methoxy groups -OCH3 is 1. The summed E-state index contributed by atoms with van der Waals surface area (Å²) in [6.45, 7) is 0. The molecule has 0 radical (unpaired) electrons. The molecular formula is C44H44FeO4. The number of allylic oxidation sites excluding steroid dienone is 12. The van der Waals surface area contributed by atoms with Crippen molar-refractivity contribution in [2.75, 3.05) is 7.11 Å². The van der Waals surface area contributed by atoms with Gasteiger partial charge < -0.3 is 14.9 Å². The first-order chi connectivity index (χ1) is 23.5. The molecule has 4 nitrogen and oxygen atoms in total. The van der Waals surface area contributed by atoms with Gasteiger partial charge in [-0.3, -0.25) is 4.79 Å². The number of rotatable bonds is 15. The maximum Gasteiger partial charge on any atom is 2.00 e. The summed E-state index contributed by atoms with van der Waals surface area (Å²) in [7, 11) is 1.62. The van der Waals surface area contributed by atoms with E-state index in [2.05, 4.69) is 6.08 Å². The van der Waals surface area contributed by atoms with E-state index in [1.807, 2.05) is 134 Å². The maximum absolute atomic E-state index is 12.6. The SMILES string of the molecule is COc1ccc(C(=O)CCCCCCCCC2=CC=CC2=C([O-])C=Cc2ccccc2)cc1.[Fe+2].[O-]C(C=Cc1ccccc1)=C1C=CC=C1. The van der Waals surface area contributed by atoms with Crippen molar-refractivity contribution >= 4 is 17.9 Å². The summed E-state index contributed by atoms with van der Waals surface area (Å²) in [4.78, 5) is 12.3. The Morgan fingerprint density at radius 3 is 1.80 bits per heavy atom. The van der Waals surface area contributed by atoms with Crippen LogP contribution in [-0.4, -0.2) is 12.9 Å². The molecule has 49 heavy (non-hydrogen) atoms. The van der Waals surface area contributed by atoms with Crippen LogP contribution in [-0.2, 0) is 17.1 Å². The van der Waals surface area contributed by atoms with Crippen LogP contribution in [0.15, 0.2) is 168 Å². The van der Waals surface area contributed by atoms with E-state index in [4.69, 9.17) is 4.74 Å². The predicted octanol–water partition coefficient (Wildman–Crippen LogP) is 9.26. The van der Waals surface area contributed by atoms with E-state index in [1.165, 1.54) is 0 Å². The van der Waals surface area contributed by atoms with Crippen LogP contribution in [0.2, 0.25) is 0 Å². The smallest absolute Gasteiger partial charge is 0.872 e. The molecule has 0 bridgehead atoms. The number of carbonyl (C=O) groups is 1. The molecule has 0 aliphatic heterocycles. The quantitative estimate of drug-likeness (QED) is 0.0689. The molecule has 5 heteroatoms. The Bertz CT molecular complexity index is 1690. The average molecular weight is 693 g/mol. The second kappa shape index (κ2) is 21.9. The monoisotopic (exact) mass is 692 g/mol. The van der Waals surface area contributed by atoms with Gasteiger partial charge in [0.15, 0.2) is 5.78 Å². The van der Waals surface area contributed by atoms with E-state index in [0.717, 1.165) is 84.1 Å². The summed E-state index contributed by atoms with van der Waals surface area (Å²) in [5, 5.41) is 24.2. The van der Waals surface area contributed by atoms with Gasteiger partial charge in [0.2, 0.25) is 0 Å². The third kappa shape index (κ3) is 13.7. The molecule has 0 unspecified atom stereocenters. The Balaban J connectivity index is 0.000000339. The Morgan fingerprint density at radius 1 is 0.653 bits per heavy atom. The number of Topliss-reactive ketones (excluding diaryl/α,β-unsaturated/α-hetero) is 1. The zero-order chi connectivity index (χ0) is 33.8. The predicted molar refractivity (Wildman–Crippen MR) is 195 cm³/mol. The summed E-state index contributed by atoms with van der Waals surface area (Å²) >= 11 is 0. The molecule has 0 atom stereocenters. The van der Waals surface area contributed by atoms with Crippen LogP contribution in [0.3, 0.4) is 0 Å². The molecule has 0 spiro atoms. The van der Waals surface area contributed by atoms with E-state index in [-0.39, 0.29) is 34.4 Å². The van der Waals surface area contributed by atoms with Gasteiger partial charge in [0.1, 0.15) is 5.75 Å². The summed E-state index contributed by atoms with van der Waals surface area (Å²) in [5.74, 6) is 1.09. The maximum atomic E-state index is 12.6. The minimum atomic E-state index is 0. The fraction of sp³-hybridized carbons (Fsp3) is 0.205. The first-order valence-corrected chi connectivity index (χ1v) is 16.7. The van der Waals surface area contributed by atoms with Crippen molar-refractivity contribution in [2.45, 2.75) is 51.4 Å². The first-order valence-electron chi connectivity index (χ1n) is 16.7. The van der Waals surface area contributed by atoms with Crippen molar-refractivity contribution < 1.29 is 36.8 Å². The molecule has 0 N–H and O–H groups in total. The number of hydrogen-bond acceptors (Lipinski definition) is 4. The average Bonchev–Trinajstić information content (AvgIpc) is 3.85. The minimum absolute atomic E-state index is 0. The second-order valence-corrected chi connectivity index (χ2v) is 11.6. The van der Waals surface area contributed by atoms with Gasteiger partial charge in [-0.1, -0.05) is 153 Å². The van der Waals surface area contributed by atoms with Gasteiger partial charge >= 0.3 is 17.1 Å². The number of benzene rings is 3. The van der Waals surface area contributed by atoms with Gasteiger partial charge in [0.05, 0.1) is 7.11 Å². The zero-order valence-corrected chi connectivity index (χ0v) is 29.2. The molecule has 3 aromatic rings. The Morgan fingerprint density at radius 2 is 1.20 bits per heavy atom. The van der Waals surface area contributed by atoms with E-state index in [0.29, 0.717) is 6.42 Å². The second-order valence-electron chi connectivity index (χ2n) is 11.6. The summed E-state index contributed by atoms with van der Waals surface area (Å²) < 4.78 is 5.13. The van der Waals surface area contributed by atoms with Crippen LogP contribution in [0.5, 0.6) is 5.75 Å². The van der Waals surface area contributed by atoms with Crippen molar-refractivity contribution in [2.24, 2.45) is 0 Å². The molecule has 0 heterocycles. The van der Waals surface area contributed by atoms with Gasteiger partial charge in [-0.2, -0.15) is 0 Å². The zero-order valence-electron chi connectivity index (χ0n) is 28.1. The van der Waals surface area contributed by atoms with Crippen molar-refractivity contribution in [3.8, 4) is 5.75 Å². The standard InChI is InChI=1S/C30H34O3.C14H12O.Fe/c1-33-27-21-19-26(20-22-27)29(31)17-10-5-3-2-4-9-14-25-15-11-16-28(25)30(32)23-18-24-12-7-6-8-13-24;15-14(13-8-4-5-9-13)11-10-12-6-2-1-3-7-12;/h6-8,11-13,15-16,18-23,32H,2-5,9-10,14,17H2,1H3;1-11,15H;/q;;+2/p-2. The fourth-order valence-electron chi connectivity index (χ4n) is 5.34. The number of hydrogen-bond donors (Lipinski definition) is 0. The van der Waals surface area contributed by atoms with Crippen molar-refractivity contribution in [1.29, 1.82) is 0 Å². The van der Waals surface area contributed by atoms with Crippen LogP contribution in [0.1, 0.15) is 72.9 Å². The van der Waals surface area contributed by atoms with Gasteiger partial charge in [0.25, 0.3) is 0 Å². The third-order valence-corrected chi connectivity index (χ3v) is 8.08. The molecule has 5 rings (SSSR count). The van der Waals surface area contributed by atoms with E-state index >= 15 is 0 Å². The molecule has 0 aromatic heterocycles. The Hall–Kier alpha value is -4.83. The number of carbonyl (C=O) groups excluding carboxylic acids is 1. The van der Waals surface area contributed by atoms with E-state index < -0.39 is 0 Å². The number of unbranched alkanes of at least 4 members (excludes halogenated alkanes) is 5. The number of ether oxygens (including phenoxy) is 1. The molecule has 0 saturated carbocycles. The molecule has 252 valence electrons. The topological polar surface area (TPSA) is 72.4 Å². The largest absolute Gasteiger partial charge is 2.00 e. The summed E-state index contributed by atoms with van der Waals surface area (Å²) in [6.07, 6.45) is 28.4. The van der Waals surface area contributed by atoms with Gasteiger partial charge in [-0.05, 0) is 71.4 Å². The van der Waals surface area contributed by atoms with Crippen LogP contribution in [0.25, 0.3) is 12.2 Å². The molecule has 2 aliphatic rings. The van der Waals surface area contributed by atoms with Gasteiger partial charge in [-0.25, -0.2) is 0 Å². The molecule has 0 saturated heterocycles. The molecular weight excluding hydrogens is 648 g/mol. The van der Waals surface area contributed by atoms with Crippen molar-refractivity contribution in [3.63, 3.8) is 0 Å². The molecule has 0 amide bonds. The Labute approximate surface area is 302 Å². The van der Waals surface area contributed by atoms with E-state index in [9.17, 15) is 15.0 Å². The van der Waals surface area contributed by atoms with Crippen LogP contribution in [0.4, 0.5) is 0 Å². The third-order valence-electron chi connectivity index (χ3n) is 8.08. The van der Waals surface area contributed by atoms with Crippen molar-refractivity contribution in [3.05, 3.63) is 185 Å². The van der Waals surface area contributed by atoms with E-state index in [1.54, 1.807) is 19.3 Å². The van der Waals surface area contributed by atoms with Crippen LogP contribution >= 0.6 is 0 Å². The summed E-state index contributed by atoms with van der Waals surface area (Å²) in [5.41, 5.74) is 5.53. The summed E-state index contributed by atoms with van der Waals surface area (Å²) in [6, 6.07) is 27.0.